The molecule has 0 radical (unpaired) electrons. The van der Waals surface area contributed by atoms with E-state index in [1.165, 1.54) is 0 Å². The number of benzene rings is 1. The summed E-state index contributed by atoms with van der Waals surface area (Å²) in [5, 5.41) is 2.97. The second kappa shape index (κ2) is 12.9. The van der Waals surface area contributed by atoms with E-state index in [2.05, 4.69) is 56.1 Å². The summed E-state index contributed by atoms with van der Waals surface area (Å²) in [5.74, 6) is -0.172. The van der Waals surface area contributed by atoms with Gasteiger partial charge in [-0.05, 0) is 89.8 Å². The fourth-order valence-electron chi connectivity index (χ4n) is 5.42. The zero-order chi connectivity index (χ0) is 26.4. The number of ether oxygens (including phenoxy) is 1. The summed E-state index contributed by atoms with van der Waals surface area (Å²) in [6, 6.07) is 6.96. The average molecular weight is 562 g/mol. The Morgan fingerprint density at radius 3 is 2.42 bits per heavy atom. The van der Waals surface area contributed by atoms with Gasteiger partial charge in [-0.3, -0.25) is 9.59 Å². The van der Waals surface area contributed by atoms with E-state index in [9.17, 15) is 9.59 Å². The first kappa shape index (κ1) is 28.4. The van der Waals surface area contributed by atoms with Gasteiger partial charge in [-0.1, -0.05) is 15.9 Å². The molecule has 1 fully saturated rings. The van der Waals surface area contributed by atoms with Crippen molar-refractivity contribution in [3.63, 3.8) is 0 Å². The number of nitrogens with zero attached hydrogens (tertiary/aromatic N) is 2. The van der Waals surface area contributed by atoms with Crippen molar-refractivity contribution in [2.45, 2.75) is 72.0 Å². The van der Waals surface area contributed by atoms with Crippen LogP contribution in [0, 0.1) is 20.8 Å². The van der Waals surface area contributed by atoms with Gasteiger partial charge >= 0.3 is 0 Å². The van der Waals surface area contributed by atoms with Crippen LogP contribution in [0.1, 0.15) is 65.3 Å². The molecule has 0 aliphatic heterocycles. The molecular weight excluding hydrogens is 520 g/mol. The number of aromatic amines is 1. The first-order valence-corrected chi connectivity index (χ1v) is 13.7. The van der Waals surface area contributed by atoms with Crippen molar-refractivity contribution in [1.82, 2.24) is 15.2 Å². The lowest BCUT2D eigenvalue weighted by atomic mass is 9.88. The number of H-pyrrole nitrogens is 1. The van der Waals surface area contributed by atoms with Crippen molar-refractivity contribution in [3.05, 3.63) is 61.0 Å². The van der Waals surface area contributed by atoms with Crippen molar-refractivity contribution >= 4 is 27.5 Å². The first-order valence-electron chi connectivity index (χ1n) is 12.9. The largest absolute Gasteiger partial charge is 0.383 e. The summed E-state index contributed by atoms with van der Waals surface area (Å²) in [7, 11) is 3.94. The lowest BCUT2D eigenvalue weighted by molar-refractivity contribution is 0.0950. The van der Waals surface area contributed by atoms with Crippen molar-refractivity contribution < 1.29 is 9.53 Å². The van der Waals surface area contributed by atoms with Gasteiger partial charge in [0, 0.05) is 65.8 Å². The Bertz CT molecular complexity index is 1110. The third-order valence-corrected chi connectivity index (χ3v) is 8.00. The summed E-state index contributed by atoms with van der Waals surface area (Å²) >= 11 is 3.64. The number of hydrogen-bond acceptors (Lipinski definition) is 5. The summed E-state index contributed by atoms with van der Waals surface area (Å²) in [4.78, 5) is 33.3. The molecule has 1 heterocycles. The average Bonchev–Trinajstić information content (AvgIpc) is 2.84. The number of nitrogens with one attached hydrogen (secondary N) is 2. The van der Waals surface area contributed by atoms with E-state index in [1.807, 2.05) is 32.9 Å². The Morgan fingerprint density at radius 2 is 1.81 bits per heavy atom. The number of pyridine rings is 1. The second-order valence-corrected chi connectivity index (χ2v) is 10.9. The van der Waals surface area contributed by atoms with Crippen LogP contribution in [0.2, 0.25) is 0 Å². The molecule has 7 nitrogen and oxygen atoms in total. The van der Waals surface area contributed by atoms with Gasteiger partial charge in [0.1, 0.15) is 0 Å². The Morgan fingerprint density at radius 1 is 1.14 bits per heavy atom. The number of aromatic nitrogens is 1. The fraction of sp³-hybridized carbons (Fsp3) is 0.571. The number of hydrogen-bond donors (Lipinski definition) is 2. The summed E-state index contributed by atoms with van der Waals surface area (Å²) in [6.07, 6.45) is 4.57. The molecular formula is C28H41BrN4O3. The zero-order valence-electron chi connectivity index (χ0n) is 22.5. The maximum Gasteiger partial charge on any atom is 0.253 e. The molecule has 198 valence electrons. The Labute approximate surface area is 223 Å². The minimum absolute atomic E-state index is 0.153. The van der Waals surface area contributed by atoms with Gasteiger partial charge in [-0.2, -0.15) is 0 Å². The smallest absolute Gasteiger partial charge is 0.253 e. The van der Waals surface area contributed by atoms with Crippen LogP contribution in [0.4, 0.5) is 5.69 Å². The van der Waals surface area contributed by atoms with Crippen molar-refractivity contribution in [2.24, 2.45) is 0 Å². The highest BCUT2D eigenvalue weighted by Crippen LogP contribution is 2.34. The van der Waals surface area contributed by atoms with Gasteiger partial charge in [0.15, 0.2) is 0 Å². The Balaban J connectivity index is 1.75. The normalized spacial score (nSPS) is 17.9. The van der Waals surface area contributed by atoms with Crippen LogP contribution in [0.3, 0.4) is 0 Å². The number of amides is 1. The second-order valence-electron chi connectivity index (χ2n) is 9.94. The molecule has 1 aliphatic rings. The molecule has 3 rings (SSSR count). The maximum atomic E-state index is 13.2. The van der Waals surface area contributed by atoms with Crippen LogP contribution in [0.15, 0.2) is 27.5 Å². The van der Waals surface area contributed by atoms with E-state index in [4.69, 9.17) is 4.74 Å². The molecule has 2 aromatic rings. The molecule has 0 spiro atoms. The van der Waals surface area contributed by atoms with E-state index >= 15 is 0 Å². The highest BCUT2D eigenvalue weighted by Gasteiger charge is 2.29. The molecule has 2 N–H and O–H groups in total. The summed E-state index contributed by atoms with van der Waals surface area (Å²) in [6.45, 7) is 10.8. The molecule has 36 heavy (non-hydrogen) atoms. The molecule has 8 heteroatoms. The van der Waals surface area contributed by atoms with Gasteiger partial charge < -0.3 is 24.8 Å². The maximum absolute atomic E-state index is 13.2. The van der Waals surface area contributed by atoms with Crippen LogP contribution in [-0.4, -0.2) is 61.7 Å². The standard InChI is InChI=1S/C28H41BrN4O3/c1-7-33(23-10-8-22(9-11-23)32(5)12-13-36-6)26-16-21(29)15-24(20(26)4)27(34)30-17-25-18(2)14-19(3)31-28(25)35/h14-16,22-23H,7-13,17H2,1-6H3,(H,30,34)(H,31,35). The topological polar surface area (TPSA) is 77.7 Å². The van der Waals surface area contributed by atoms with Gasteiger partial charge in [0.25, 0.3) is 11.5 Å². The third kappa shape index (κ3) is 6.78. The van der Waals surface area contributed by atoms with Crippen LogP contribution in [-0.2, 0) is 11.3 Å². The van der Waals surface area contributed by atoms with Gasteiger partial charge in [0.2, 0.25) is 0 Å². The minimum Gasteiger partial charge on any atom is -0.383 e. The number of likely N-dealkylation sites (N-methyl/N-ethyl adjacent to an activating group) is 1. The van der Waals surface area contributed by atoms with Gasteiger partial charge in [0.05, 0.1) is 6.61 Å². The number of methoxy groups -OCH3 is 1. The van der Waals surface area contributed by atoms with Crippen molar-refractivity contribution in [2.75, 3.05) is 38.8 Å². The molecule has 1 aromatic carbocycles. The fourth-order valence-corrected chi connectivity index (χ4v) is 5.86. The third-order valence-electron chi connectivity index (χ3n) is 7.54. The zero-order valence-corrected chi connectivity index (χ0v) is 24.1. The highest BCUT2D eigenvalue weighted by molar-refractivity contribution is 9.10. The predicted octanol–water partition coefficient (Wildman–Crippen LogP) is 4.71. The summed E-state index contributed by atoms with van der Waals surface area (Å²) in [5.41, 5.74) is 4.82. The number of carbonyl (C=O) groups excluding carboxylic acids is 1. The number of carbonyl (C=O) groups is 1. The number of rotatable bonds is 10. The van der Waals surface area contributed by atoms with Gasteiger partial charge in [-0.25, -0.2) is 0 Å². The van der Waals surface area contributed by atoms with E-state index in [-0.39, 0.29) is 18.0 Å². The van der Waals surface area contributed by atoms with Gasteiger partial charge in [-0.15, -0.1) is 0 Å². The van der Waals surface area contributed by atoms with E-state index < -0.39 is 0 Å². The van der Waals surface area contributed by atoms with E-state index in [0.717, 1.165) is 72.4 Å². The van der Waals surface area contributed by atoms with Crippen molar-refractivity contribution in [3.8, 4) is 0 Å². The molecule has 0 unspecified atom stereocenters. The number of halogens is 1. The molecule has 0 saturated heterocycles. The monoisotopic (exact) mass is 560 g/mol. The molecule has 1 saturated carbocycles. The Kier molecular flexibility index (Phi) is 10.2. The van der Waals surface area contributed by atoms with E-state index in [0.29, 0.717) is 23.2 Å². The molecule has 1 amide bonds. The van der Waals surface area contributed by atoms with Crippen LogP contribution < -0.4 is 15.8 Å². The number of aryl methyl sites for hydroxylation is 2. The van der Waals surface area contributed by atoms with Crippen LogP contribution in [0.5, 0.6) is 0 Å². The molecule has 1 aliphatic carbocycles. The lowest BCUT2D eigenvalue weighted by Gasteiger charge is -2.41. The molecule has 1 aromatic heterocycles. The summed E-state index contributed by atoms with van der Waals surface area (Å²) < 4.78 is 6.13. The predicted molar refractivity (Wildman–Crippen MR) is 150 cm³/mol. The Hall–Kier alpha value is -2.16. The molecule has 0 bridgehead atoms. The SMILES string of the molecule is CCN(c1cc(Br)cc(C(=O)NCc2c(C)cc(C)[nH]c2=O)c1C)C1CCC(N(C)CCOC)CC1. The number of anilines is 1. The quantitative estimate of drug-likeness (QED) is 0.440. The first-order chi connectivity index (χ1) is 17.2. The van der Waals surface area contributed by atoms with Crippen LogP contribution in [0.25, 0.3) is 0 Å². The minimum atomic E-state index is -0.172. The lowest BCUT2D eigenvalue weighted by Crippen LogP contribution is -2.44. The molecule has 0 atom stereocenters. The highest BCUT2D eigenvalue weighted by atomic mass is 79.9. The van der Waals surface area contributed by atoms with Crippen molar-refractivity contribution in [1.29, 1.82) is 0 Å². The van der Waals surface area contributed by atoms with Crippen LogP contribution >= 0.6 is 15.9 Å². The van der Waals surface area contributed by atoms with E-state index in [1.54, 1.807) is 7.11 Å².